The number of primary amides is 1. The summed E-state index contributed by atoms with van der Waals surface area (Å²) in [5.41, 5.74) is 10.7. The number of aryl methyl sites for hydroxylation is 2. The molecule has 8 heteroatoms. The van der Waals surface area contributed by atoms with E-state index < -0.39 is 5.91 Å². The van der Waals surface area contributed by atoms with Gasteiger partial charge in [-0.1, -0.05) is 29.5 Å². The van der Waals surface area contributed by atoms with Crippen LogP contribution in [0, 0.1) is 19.3 Å². The first kappa shape index (κ1) is 19.8. The largest absolute Gasteiger partial charge is 0.364 e. The molecule has 0 unspecified atom stereocenters. The Bertz CT molecular complexity index is 1100. The lowest BCUT2D eigenvalue weighted by Gasteiger charge is -2.53. The Morgan fingerprint density at radius 1 is 1.00 bits per heavy atom. The fourth-order valence-corrected chi connectivity index (χ4v) is 5.67. The Hall–Kier alpha value is -3.16. The molecule has 2 aromatic heterocycles. The first-order valence-electron chi connectivity index (χ1n) is 10.9. The van der Waals surface area contributed by atoms with Crippen LogP contribution in [-0.4, -0.2) is 36.5 Å². The number of amides is 1. The number of hydrogen-bond donors (Lipinski definition) is 2. The molecule has 31 heavy (non-hydrogen) atoms. The summed E-state index contributed by atoms with van der Waals surface area (Å²) in [7, 11) is 0. The summed E-state index contributed by atoms with van der Waals surface area (Å²) in [4.78, 5) is 20.7. The van der Waals surface area contributed by atoms with E-state index >= 15 is 0 Å². The molecule has 0 radical (unpaired) electrons. The molecule has 1 aromatic carbocycles. The van der Waals surface area contributed by atoms with Crippen molar-refractivity contribution in [1.29, 1.82) is 0 Å². The predicted octanol–water partition coefficient (Wildman–Crippen LogP) is 3.21. The molecule has 2 bridgehead atoms. The molecule has 3 aromatic rings. The summed E-state index contributed by atoms with van der Waals surface area (Å²) in [6.07, 6.45) is 8.11. The maximum Gasteiger partial charge on any atom is 0.269 e. The van der Waals surface area contributed by atoms with E-state index in [0.29, 0.717) is 11.1 Å². The van der Waals surface area contributed by atoms with E-state index in [1.807, 2.05) is 6.92 Å². The fourth-order valence-electron chi connectivity index (χ4n) is 5.67. The lowest BCUT2D eigenvalue weighted by Crippen LogP contribution is -2.45. The van der Waals surface area contributed by atoms with E-state index in [9.17, 15) is 4.79 Å². The van der Waals surface area contributed by atoms with Gasteiger partial charge in [-0.25, -0.2) is 4.98 Å². The number of hydrogen-bond acceptors (Lipinski definition) is 6. The standard InChI is InChI=1S/C23H27N7O/c1-14-19(26-20(21(24)31)15(2)25-14)16-3-5-17(6-4-16)23-10-7-22(8-11-23,9-12-23)13-18-27-29-30-28-18/h3-6H,7-13H2,1-2H3,(H2,24,31)(H,27,28,29,30). The van der Waals surface area contributed by atoms with E-state index in [-0.39, 0.29) is 11.1 Å². The SMILES string of the molecule is Cc1nc(C)c(-c2ccc(C34CCC(Cc5nn[nH]n5)(CC3)CC4)cc2)nc1C(N)=O. The molecule has 160 valence electrons. The number of carbonyl (C=O) groups is 1. The van der Waals surface area contributed by atoms with Crippen LogP contribution in [0.25, 0.3) is 11.3 Å². The molecular formula is C23H27N7O. The minimum atomic E-state index is -0.546. The number of nitrogens with zero attached hydrogens (tertiary/aromatic N) is 5. The summed E-state index contributed by atoms with van der Waals surface area (Å²) in [5.74, 6) is 0.291. The second kappa shape index (κ2) is 7.21. The highest BCUT2D eigenvalue weighted by Crippen LogP contribution is 2.58. The number of rotatable bonds is 5. The normalized spacial score (nSPS) is 25.0. The Morgan fingerprint density at radius 3 is 2.26 bits per heavy atom. The molecule has 6 rings (SSSR count). The van der Waals surface area contributed by atoms with Crippen molar-refractivity contribution in [2.75, 3.05) is 0 Å². The highest BCUT2D eigenvalue weighted by Gasteiger charge is 2.49. The molecule has 0 saturated heterocycles. The molecule has 3 aliphatic carbocycles. The van der Waals surface area contributed by atoms with Crippen molar-refractivity contribution < 1.29 is 4.79 Å². The summed E-state index contributed by atoms with van der Waals surface area (Å²) < 4.78 is 0. The van der Waals surface area contributed by atoms with E-state index in [0.717, 1.165) is 29.2 Å². The van der Waals surface area contributed by atoms with Crippen LogP contribution in [0.5, 0.6) is 0 Å². The van der Waals surface area contributed by atoms with Crippen molar-refractivity contribution in [2.45, 2.75) is 64.2 Å². The van der Waals surface area contributed by atoms with Gasteiger partial charge in [0, 0.05) is 12.0 Å². The van der Waals surface area contributed by atoms with Gasteiger partial charge in [0.1, 0.15) is 5.69 Å². The van der Waals surface area contributed by atoms with Crippen molar-refractivity contribution in [3.8, 4) is 11.3 Å². The van der Waals surface area contributed by atoms with Crippen molar-refractivity contribution in [2.24, 2.45) is 11.1 Å². The Balaban J connectivity index is 1.37. The molecule has 2 heterocycles. The van der Waals surface area contributed by atoms with Gasteiger partial charge in [-0.3, -0.25) is 9.78 Å². The molecule has 3 fully saturated rings. The zero-order chi connectivity index (χ0) is 21.6. The molecule has 3 saturated carbocycles. The van der Waals surface area contributed by atoms with Crippen LogP contribution < -0.4 is 5.73 Å². The number of benzene rings is 1. The minimum absolute atomic E-state index is 0.237. The van der Waals surface area contributed by atoms with Gasteiger partial charge in [0.15, 0.2) is 5.82 Å². The van der Waals surface area contributed by atoms with Crippen LogP contribution in [0.2, 0.25) is 0 Å². The number of tetrazole rings is 1. The third-order valence-electron chi connectivity index (χ3n) is 7.57. The van der Waals surface area contributed by atoms with Gasteiger partial charge in [0.25, 0.3) is 5.91 Å². The molecule has 3 aliphatic rings. The average Bonchev–Trinajstić information content (AvgIpc) is 3.27. The topological polar surface area (TPSA) is 123 Å². The van der Waals surface area contributed by atoms with Crippen molar-refractivity contribution in [3.05, 3.63) is 52.7 Å². The third-order valence-corrected chi connectivity index (χ3v) is 7.57. The average molecular weight is 418 g/mol. The number of H-pyrrole nitrogens is 1. The van der Waals surface area contributed by atoms with Crippen LogP contribution >= 0.6 is 0 Å². The lowest BCUT2D eigenvalue weighted by molar-refractivity contribution is 0.0384. The van der Waals surface area contributed by atoms with Crippen LogP contribution in [-0.2, 0) is 11.8 Å². The molecule has 0 aliphatic heterocycles. The van der Waals surface area contributed by atoms with Gasteiger partial charge >= 0.3 is 0 Å². The smallest absolute Gasteiger partial charge is 0.269 e. The number of aromatic nitrogens is 6. The van der Waals surface area contributed by atoms with E-state index in [1.165, 1.54) is 44.1 Å². The quantitative estimate of drug-likeness (QED) is 0.657. The van der Waals surface area contributed by atoms with Gasteiger partial charge in [-0.05, 0) is 68.8 Å². The predicted molar refractivity (Wildman–Crippen MR) is 115 cm³/mol. The fraction of sp³-hybridized carbons (Fsp3) is 0.478. The third kappa shape index (κ3) is 3.40. The van der Waals surface area contributed by atoms with Crippen LogP contribution in [0.3, 0.4) is 0 Å². The number of nitrogens with one attached hydrogen (secondary N) is 1. The van der Waals surface area contributed by atoms with Gasteiger partial charge in [-0.15, -0.1) is 10.2 Å². The zero-order valence-corrected chi connectivity index (χ0v) is 18.0. The summed E-state index contributed by atoms with van der Waals surface area (Å²) in [6, 6.07) is 8.68. The first-order chi connectivity index (χ1) is 14.9. The zero-order valence-electron chi connectivity index (χ0n) is 18.0. The summed E-state index contributed by atoms with van der Waals surface area (Å²) >= 11 is 0. The number of fused-ring (bicyclic) bond motifs is 3. The minimum Gasteiger partial charge on any atom is -0.364 e. The molecule has 8 nitrogen and oxygen atoms in total. The van der Waals surface area contributed by atoms with Gasteiger partial charge < -0.3 is 5.73 Å². The maximum absolute atomic E-state index is 11.7. The second-order valence-corrected chi connectivity index (χ2v) is 9.32. The van der Waals surface area contributed by atoms with Gasteiger partial charge in [-0.2, -0.15) is 5.21 Å². The van der Waals surface area contributed by atoms with Gasteiger partial charge in [0.05, 0.1) is 17.1 Å². The van der Waals surface area contributed by atoms with Crippen LogP contribution in [0.15, 0.2) is 24.3 Å². The number of nitrogens with two attached hydrogens (primary N) is 1. The van der Waals surface area contributed by atoms with Crippen LogP contribution in [0.1, 0.15) is 71.8 Å². The maximum atomic E-state index is 11.7. The first-order valence-corrected chi connectivity index (χ1v) is 10.9. The van der Waals surface area contributed by atoms with E-state index in [1.54, 1.807) is 6.92 Å². The Morgan fingerprint density at radius 2 is 1.68 bits per heavy atom. The monoisotopic (exact) mass is 417 g/mol. The molecule has 1 amide bonds. The second-order valence-electron chi connectivity index (χ2n) is 9.32. The highest BCUT2D eigenvalue weighted by molar-refractivity contribution is 5.92. The van der Waals surface area contributed by atoms with E-state index in [2.05, 4.69) is 54.9 Å². The molecule has 0 atom stereocenters. The summed E-state index contributed by atoms with van der Waals surface area (Å²) in [6.45, 7) is 3.68. The van der Waals surface area contributed by atoms with Gasteiger partial charge in [0.2, 0.25) is 0 Å². The number of carbonyl (C=O) groups excluding carboxylic acids is 1. The molecule has 0 spiro atoms. The highest BCUT2D eigenvalue weighted by atomic mass is 16.1. The Kier molecular flexibility index (Phi) is 4.60. The molecule has 3 N–H and O–H groups in total. The van der Waals surface area contributed by atoms with Crippen molar-refractivity contribution in [1.82, 2.24) is 30.6 Å². The van der Waals surface area contributed by atoms with Crippen LogP contribution in [0.4, 0.5) is 0 Å². The van der Waals surface area contributed by atoms with E-state index in [4.69, 9.17) is 5.73 Å². The summed E-state index contributed by atoms with van der Waals surface area (Å²) in [5, 5.41) is 14.6. The lowest BCUT2D eigenvalue weighted by atomic mass is 9.51. The Labute approximate surface area is 181 Å². The number of aromatic amines is 1. The van der Waals surface area contributed by atoms with Crippen molar-refractivity contribution in [3.63, 3.8) is 0 Å². The molecular weight excluding hydrogens is 390 g/mol. The van der Waals surface area contributed by atoms with Crippen molar-refractivity contribution >= 4 is 5.91 Å².